The molecule has 6 rings (SSSR count). The van der Waals surface area contributed by atoms with Gasteiger partial charge in [-0.25, -0.2) is 4.98 Å². The number of likely N-dealkylation sites (tertiary alicyclic amines) is 1. The zero-order valence-corrected chi connectivity index (χ0v) is 22.6. The van der Waals surface area contributed by atoms with Crippen LogP contribution in [0.4, 0.5) is 0 Å². The van der Waals surface area contributed by atoms with E-state index >= 15 is 0 Å². The van der Waals surface area contributed by atoms with Crippen molar-refractivity contribution in [2.24, 2.45) is 0 Å². The molecule has 0 atom stereocenters. The van der Waals surface area contributed by atoms with Gasteiger partial charge in [-0.15, -0.1) is 0 Å². The molecule has 2 aliphatic heterocycles. The first-order valence-corrected chi connectivity index (χ1v) is 14.0. The van der Waals surface area contributed by atoms with E-state index in [1.807, 2.05) is 59.5 Å². The molecule has 0 spiro atoms. The van der Waals surface area contributed by atoms with E-state index in [2.05, 4.69) is 36.4 Å². The molecule has 6 heteroatoms. The maximum Gasteiger partial charge on any atom is 0.254 e. The van der Waals surface area contributed by atoms with Gasteiger partial charge in [0.15, 0.2) is 5.79 Å². The maximum atomic E-state index is 13.2. The highest BCUT2D eigenvalue weighted by Crippen LogP contribution is 2.37. The fraction of sp³-hybridized carbons (Fsp3) is 0.273. The van der Waals surface area contributed by atoms with Crippen molar-refractivity contribution in [2.45, 2.75) is 31.5 Å². The molecular weight excluding hydrogens is 508 g/mol. The van der Waals surface area contributed by atoms with Crippen LogP contribution in [-0.4, -0.2) is 42.1 Å². The molecule has 0 aliphatic carbocycles. The van der Waals surface area contributed by atoms with Gasteiger partial charge in [0.2, 0.25) is 0 Å². The average Bonchev–Trinajstić information content (AvgIpc) is 3.68. The molecule has 0 bridgehead atoms. The molecule has 3 aromatic carbocycles. The minimum absolute atomic E-state index is 0.127. The van der Waals surface area contributed by atoms with E-state index in [1.165, 1.54) is 0 Å². The molecule has 1 amide bonds. The van der Waals surface area contributed by atoms with Crippen LogP contribution in [0.2, 0.25) is 5.02 Å². The summed E-state index contributed by atoms with van der Waals surface area (Å²) in [6.45, 7) is 2.76. The summed E-state index contributed by atoms with van der Waals surface area (Å²) in [5.41, 5.74) is 5.55. The molecule has 3 heterocycles. The number of hydrogen-bond acceptors (Lipinski definition) is 4. The third-order valence-corrected chi connectivity index (χ3v) is 7.80. The van der Waals surface area contributed by atoms with Gasteiger partial charge in [-0.05, 0) is 66.8 Å². The van der Waals surface area contributed by atoms with Crippen LogP contribution < -0.4 is 0 Å². The lowest BCUT2D eigenvalue weighted by Gasteiger charge is -2.29. The highest BCUT2D eigenvalue weighted by molar-refractivity contribution is 6.31. The van der Waals surface area contributed by atoms with E-state index in [1.54, 1.807) is 0 Å². The standard InChI is InChI=1S/C33H31ClN2O3/c34-28-13-11-26-12-15-29(35-31(26)23-28)14-10-24-6-5-8-27(22-24)33(38-20-21-39-33)17-16-25-7-1-2-9-30(25)32(37)36-18-3-4-19-36/h1-2,5-15,22-23H,3-4,16-21H2. The van der Waals surface area contributed by atoms with Crippen LogP contribution >= 0.6 is 11.6 Å². The molecule has 198 valence electrons. The number of rotatable bonds is 7. The van der Waals surface area contributed by atoms with Gasteiger partial charge >= 0.3 is 0 Å². The molecule has 2 fully saturated rings. The van der Waals surface area contributed by atoms with E-state index in [-0.39, 0.29) is 5.91 Å². The van der Waals surface area contributed by atoms with Crippen LogP contribution in [0.25, 0.3) is 23.1 Å². The predicted molar refractivity (Wildman–Crippen MR) is 156 cm³/mol. The van der Waals surface area contributed by atoms with Crippen molar-refractivity contribution < 1.29 is 14.3 Å². The molecular formula is C33H31ClN2O3. The Bertz CT molecular complexity index is 1520. The number of fused-ring (bicyclic) bond motifs is 1. The second-order valence-corrected chi connectivity index (χ2v) is 10.6. The number of pyridine rings is 1. The molecule has 2 saturated heterocycles. The van der Waals surface area contributed by atoms with Gasteiger partial charge in [-0.1, -0.05) is 66.2 Å². The summed E-state index contributed by atoms with van der Waals surface area (Å²) in [6, 6.07) is 26.0. The normalized spacial score (nSPS) is 16.9. The SMILES string of the molecule is O=C(c1ccccc1CCC1(c2cccc(C=Cc3ccc4ccc(Cl)cc4n3)c2)OCCO1)N1CCCC1. The number of carbonyl (C=O) groups is 1. The van der Waals surface area contributed by atoms with Crippen LogP contribution in [0.3, 0.4) is 0 Å². The minimum atomic E-state index is -0.842. The van der Waals surface area contributed by atoms with Gasteiger partial charge in [-0.2, -0.15) is 0 Å². The second-order valence-electron chi connectivity index (χ2n) is 10.1. The quantitative estimate of drug-likeness (QED) is 0.251. The van der Waals surface area contributed by atoms with Gasteiger partial charge in [-0.3, -0.25) is 4.79 Å². The lowest BCUT2D eigenvalue weighted by Crippen LogP contribution is -2.30. The molecule has 4 aromatic rings. The van der Waals surface area contributed by atoms with Crippen molar-refractivity contribution in [1.82, 2.24) is 9.88 Å². The number of aromatic nitrogens is 1. The maximum absolute atomic E-state index is 13.2. The van der Waals surface area contributed by atoms with Crippen LogP contribution in [0.1, 0.15) is 52.0 Å². The number of halogens is 1. The summed E-state index contributed by atoms with van der Waals surface area (Å²) < 4.78 is 12.5. The molecule has 0 N–H and O–H groups in total. The Morgan fingerprint density at radius 2 is 1.72 bits per heavy atom. The molecule has 0 saturated carbocycles. The average molecular weight is 539 g/mol. The zero-order chi connectivity index (χ0) is 26.7. The van der Waals surface area contributed by atoms with Crippen molar-refractivity contribution >= 4 is 40.6 Å². The summed E-state index contributed by atoms with van der Waals surface area (Å²) >= 11 is 6.15. The third kappa shape index (κ3) is 5.62. The number of benzene rings is 3. The summed E-state index contributed by atoms with van der Waals surface area (Å²) in [6.07, 6.45) is 7.51. The van der Waals surface area contributed by atoms with Crippen molar-refractivity contribution in [2.75, 3.05) is 26.3 Å². The van der Waals surface area contributed by atoms with Gasteiger partial charge in [0.1, 0.15) is 0 Å². The Morgan fingerprint density at radius 3 is 2.56 bits per heavy atom. The number of carbonyl (C=O) groups excluding carboxylic acids is 1. The van der Waals surface area contributed by atoms with Crippen molar-refractivity contribution in [3.05, 3.63) is 112 Å². The number of nitrogens with zero attached hydrogens (tertiary/aromatic N) is 2. The third-order valence-electron chi connectivity index (χ3n) is 7.57. The first kappa shape index (κ1) is 25.8. The number of ether oxygens (including phenoxy) is 2. The van der Waals surface area contributed by atoms with Crippen LogP contribution in [0.5, 0.6) is 0 Å². The van der Waals surface area contributed by atoms with Crippen molar-refractivity contribution in [3.8, 4) is 0 Å². The Hall–Kier alpha value is -3.51. The Kier molecular flexibility index (Phi) is 7.47. The fourth-order valence-electron chi connectivity index (χ4n) is 5.51. The highest BCUT2D eigenvalue weighted by Gasteiger charge is 2.38. The lowest BCUT2D eigenvalue weighted by atomic mass is 9.94. The highest BCUT2D eigenvalue weighted by atomic mass is 35.5. The smallest absolute Gasteiger partial charge is 0.254 e. The van der Waals surface area contributed by atoms with E-state index in [0.717, 1.165) is 64.8 Å². The number of aryl methyl sites for hydroxylation is 1. The predicted octanol–water partition coefficient (Wildman–Crippen LogP) is 7.13. The first-order valence-electron chi connectivity index (χ1n) is 13.6. The Balaban J connectivity index is 1.22. The second kappa shape index (κ2) is 11.3. The van der Waals surface area contributed by atoms with Crippen molar-refractivity contribution in [1.29, 1.82) is 0 Å². The molecule has 39 heavy (non-hydrogen) atoms. The first-order chi connectivity index (χ1) is 19.1. The van der Waals surface area contributed by atoms with E-state index < -0.39 is 5.79 Å². The van der Waals surface area contributed by atoms with Crippen LogP contribution in [0.15, 0.2) is 78.9 Å². The zero-order valence-electron chi connectivity index (χ0n) is 21.8. The van der Waals surface area contributed by atoms with Gasteiger partial charge in [0.25, 0.3) is 5.91 Å². The minimum Gasteiger partial charge on any atom is -0.343 e. The van der Waals surface area contributed by atoms with Crippen molar-refractivity contribution in [3.63, 3.8) is 0 Å². The molecule has 0 unspecified atom stereocenters. The molecule has 0 radical (unpaired) electrons. The molecule has 1 aromatic heterocycles. The Labute approximate surface area is 234 Å². The number of hydrogen-bond donors (Lipinski definition) is 0. The lowest BCUT2D eigenvalue weighted by molar-refractivity contribution is -0.170. The molecule has 5 nitrogen and oxygen atoms in total. The van der Waals surface area contributed by atoms with E-state index in [4.69, 9.17) is 26.1 Å². The summed E-state index contributed by atoms with van der Waals surface area (Å²) in [5, 5.41) is 1.73. The Morgan fingerprint density at radius 1 is 0.923 bits per heavy atom. The van der Waals surface area contributed by atoms with Gasteiger partial charge in [0, 0.05) is 41.0 Å². The topological polar surface area (TPSA) is 51.7 Å². The van der Waals surface area contributed by atoms with Crippen LogP contribution in [0, 0.1) is 0 Å². The van der Waals surface area contributed by atoms with Gasteiger partial charge < -0.3 is 14.4 Å². The molecule has 2 aliphatic rings. The largest absolute Gasteiger partial charge is 0.343 e. The number of amides is 1. The summed E-state index contributed by atoms with van der Waals surface area (Å²) in [4.78, 5) is 19.9. The monoisotopic (exact) mass is 538 g/mol. The van der Waals surface area contributed by atoms with E-state index in [0.29, 0.717) is 31.1 Å². The summed E-state index contributed by atoms with van der Waals surface area (Å²) in [5.74, 6) is -0.715. The fourth-order valence-corrected chi connectivity index (χ4v) is 5.67. The van der Waals surface area contributed by atoms with E-state index in [9.17, 15) is 4.79 Å². The summed E-state index contributed by atoms with van der Waals surface area (Å²) in [7, 11) is 0. The van der Waals surface area contributed by atoms with Gasteiger partial charge in [0.05, 0.1) is 24.4 Å². The van der Waals surface area contributed by atoms with Crippen LogP contribution in [-0.2, 0) is 21.7 Å².